The lowest BCUT2D eigenvalue weighted by Gasteiger charge is -2.13. The third-order valence-corrected chi connectivity index (χ3v) is 7.77. The Labute approximate surface area is 238 Å². The number of ether oxygens (including phenoxy) is 2. The smallest absolute Gasteiger partial charge is 0.278 e. The molecule has 0 spiro atoms. The molecule has 0 bridgehead atoms. The van der Waals surface area contributed by atoms with Gasteiger partial charge in [0.15, 0.2) is 11.0 Å². The summed E-state index contributed by atoms with van der Waals surface area (Å²) in [5.74, 6) is 0.717. The van der Waals surface area contributed by atoms with Crippen molar-refractivity contribution in [3.8, 4) is 5.75 Å². The summed E-state index contributed by atoms with van der Waals surface area (Å²) in [6, 6.07) is 17.6. The second kappa shape index (κ2) is 11.8. The number of nitrogens with zero attached hydrogens (tertiary/aromatic N) is 4. The lowest BCUT2D eigenvalue weighted by atomic mass is 10.1. The van der Waals surface area contributed by atoms with Crippen LogP contribution in [0.25, 0.3) is 11.0 Å². The molecular weight excluding hydrogens is 543 g/mol. The molecule has 0 fully saturated rings. The quantitative estimate of drug-likeness (QED) is 0.110. The highest BCUT2D eigenvalue weighted by Crippen LogP contribution is 2.36. The van der Waals surface area contributed by atoms with Crippen LogP contribution in [0.4, 0.5) is 0 Å². The van der Waals surface area contributed by atoms with Gasteiger partial charge >= 0.3 is 0 Å². The molecule has 1 aliphatic heterocycles. The maximum atomic E-state index is 13.2. The fourth-order valence-corrected chi connectivity index (χ4v) is 5.51. The van der Waals surface area contributed by atoms with Gasteiger partial charge in [-0.25, -0.2) is 9.13 Å². The zero-order valence-corrected chi connectivity index (χ0v) is 24.4. The summed E-state index contributed by atoms with van der Waals surface area (Å²) in [7, 11) is -2.39. The first kappa shape index (κ1) is 28.5. The molecule has 2 aromatic heterocycles. The molecule has 0 unspecified atom stereocenters. The highest BCUT2D eigenvalue weighted by Gasteiger charge is 2.38. The topological polar surface area (TPSA) is 104 Å². The molecule has 3 heterocycles. The van der Waals surface area contributed by atoms with Gasteiger partial charge < -0.3 is 18.6 Å². The van der Waals surface area contributed by atoms with E-state index in [0.717, 1.165) is 16.9 Å². The second-order valence-electron chi connectivity index (χ2n) is 10.4. The van der Waals surface area contributed by atoms with Crippen LogP contribution in [-0.2, 0) is 35.5 Å². The van der Waals surface area contributed by atoms with E-state index in [-0.39, 0.29) is 30.3 Å². The number of amides is 2. The van der Waals surface area contributed by atoms with Crippen LogP contribution >= 0.6 is 7.14 Å². The number of hydrogen-bond acceptors (Lipinski definition) is 6. The minimum Gasteiger partial charge on any atom is -0.486 e. The molecule has 10 nitrogen and oxygen atoms in total. The normalized spacial score (nSPS) is 13.3. The molecular formula is C30H34N4O6P+. The first-order valence-electron chi connectivity index (χ1n) is 13.6. The van der Waals surface area contributed by atoms with E-state index in [2.05, 4.69) is 4.57 Å². The van der Waals surface area contributed by atoms with Crippen LogP contribution in [0.1, 0.15) is 33.5 Å². The fraction of sp³-hybridized carbons (Fsp3) is 0.333. The number of pyridine rings is 1. The summed E-state index contributed by atoms with van der Waals surface area (Å²) in [6.45, 7) is 7.63. The third kappa shape index (κ3) is 6.04. The van der Waals surface area contributed by atoms with Gasteiger partial charge in [0.2, 0.25) is 0 Å². The number of imide groups is 1. The van der Waals surface area contributed by atoms with Crippen molar-refractivity contribution in [2.75, 3.05) is 32.9 Å². The third-order valence-electron chi connectivity index (χ3n) is 7.02. The van der Waals surface area contributed by atoms with E-state index in [0.29, 0.717) is 49.7 Å². The molecule has 1 aliphatic rings. The minimum absolute atomic E-state index is 0.0869. The van der Waals surface area contributed by atoms with Crippen LogP contribution in [0, 0.1) is 0 Å². The Hall–Kier alpha value is -4.01. The lowest BCUT2D eigenvalue weighted by molar-refractivity contribution is -0.677. The van der Waals surface area contributed by atoms with Crippen molar-refractivity contribution in [3.63, 3.8) is 0 Å². The van der Waals surface area contributed by atoms with Crippen molar-refractivity contribution in [1.82, 2.24) is 14.0 Å². The Morgan fingerprint density at radius 3 is 2.22 bits per heavy atom. The average Bonchev–Trinajstić information content (AvgIpc) is 3.38. The van der Waals surface area contributed by atoms with E-state index >= 15 is 0 Å². The van der Waals surface area contributed by atoms with Crippen LogP contribution < -0.4 is 14.9 Å². The number of aromatic nitrogens is 3. The Bertz CT molecular complexity index is 1680. The number of benzene rings is 2. The molecule has 41 heavy (non-hydrogen) atoms. The fourth-order valence-electron chi connectivity index (χ4n) is 5.05. The summed E-state index contributed by atoms with van der Waals surface area (Å²) in [4.78, 5) is 39.7. The largest absolute Gasteiger partial charge is 0.486 e. The van der Waals surface area contributed by atoms with Gasteiger partial charge in [0, 0.05) is 24.9 Å². The van der Waals surface area contributed by atoms with E-state index in [9.17, 15) is 18.9 Å². The van der Waals surface area contributed by atoms with Crippen LogP contribution in [0.5, 0.6) is 5.75 Å². The summed E-state index contributed by atoms with van der Waals surface area (Å²) in [5, 5.41) is 0. The van der Waals surface area contributed by atoms with Crippen molar-refractivity contribution in [3.05, 3.63) is 94.2 Å². The lowest BCUT2D eigenvalue weighted by Crippen LogP contribution is -2.42. The maximum absolute atomic E-state index is 13.2. The van der Waals surface area contributed by atoms with Crippen LogP contribution in [0.2, 0.25) is 0 Å². The van der Waals surface area contributed by atoms with Crippen LogP contribution in [0.15, 0.2) is 71.7 Å². The molecule has 0 aliphatic carbocycles. The Morgan fingerprint density at radius 2 is 1.56 bits per heavy atom. The minimum atomic E-state index is -2.39. The number of carbonyl (C=O) groups is 2. The van der Waals surface area contributed by atoms with Gasteiger partial charge in [-0.15, -0.1) is 0 Å². The van der Waals surface area contributed by atoms with Gasteiger partial charge in [-0.05, 0) is 50.6 Å². The van der Waals surface area contributed by atoms with Crippen molar-refractivity contribution in [2.24, 2.45) is 0 Å². The molecule has 2 aromatic carbocycles. The van der Waals surface area contributed by atoms with Gasteiger partial charge in [-0.3, -0.25) is 19.3 Å². The predicted molar refractivity (Wildman–Crippen MR) is 155 cm³/mol. The van der Waals surface area contributed by atoms with E-state index in [1.165, 1.54) is 11.0 Å². The molecule has 11 heteroatoms. The van der Waals surface area contributed by atoms with Crippen molar-refractivity contribution < 1.29 is 28.2 Å². The summed E-state index contributed by atoms with van der Waals surface area (Å²) >= 11 is 0. The monoisotopic (exact) mass is 577 g/mol. The summed E-state index contributed by atoms with van der Waals surface area (Å²) in [6.07, 6.45) is 1.85. The molecule has 4 aromatic rings. The Morgan fingerprint density at radius 1 is 0.878 bits per heavy atom. The molecule has 0 saturated carbocycles. The molecule has 0 atom stereocenters. The number of rotatable bonds is 12. The predicted octanol–water partition coefficient (Wildman–Crippen LogP) is 3.58. The molecule has 214 valence electrons. The van der Waals surface area contributed by atoms with E-state index in [4.69, 9.17) is 9.47 Å². The SMILES string of the molecule is CC[n+]1c(CN2C(=O)c3ccccc3C2=O)n(CCOCCn2ccccc2=O)c2cc(OCP(C)(C)=O)ccc21. The van der Waals surface area contributed by atoms with Gasteiger partial charge in [0.05, 0.1) is 30.9 Å². The Kier molecular flexibility index (Phi) is 8.24. The van der Waals surface area contributed by atoms with Gasteiger partial charge in [-0.2, -0.15) is 0 Å². The number of carbonyl (C=O) groups excluding carboxylic acids is 2. The second-order valence-corrected chi connectivity index (χ2v) is 13.8. The number of fused-ring (bicyclic) bond motifs is 2. The average molecular weight is 578 g/mol. The van der Waals surface area contributed by atoms with Gasteiger partial charge in [0.1, 0.15) is 32.3 Å². The first-order chi connectivity index (χ1) is 19.7. The number of imidazole rings is 1. The zero-order valence-electron chi connectivity index (χ0n) is 23.5. The zero-order chi connectivity index (χ0) is 29.1. The molecule has 0 saturated heterocycles. The standard InChI is InChI=1S/C30H34N4O6P/c1-4-32-25-13-12-22(40-21-41(2,3)38)19-26(25)33(16-18-39-17-15-31-14-8-7-11-28(31)35)27(32)20-34-29(36)23-9-5-6-10-24(23)30(34)37/h5-14,19H,4,15-18,20-21H2,1-3H3/q+1. The van der Waals surface area contributed by atoms with E-state index in [1.54, 1.807) is 60.5 Å². The molecule has 0 N–H and O–H groups in total. The van der Waals surface area contributed by atoms with Gasteiger partial charge in [-0.1, -0.05) is 18.2 Å². The van der Waals surface area contributed by atoms with Crippen molar-refractivity contribution in [1.29, 1.82) is 0 Å². The van der Waals surface area contributed by atoms with Gasteiger partial charge in [0.25, 0.3) is 23.2 Å². The summed E-state index contributed by atoms with van der Waals surface area (Å²) < 4.78 is 29.8. The van der Waals surface area contributed by atoms with Crippen molar-refractivity contribution >= 4 is 30.0 Å². The molecule has 2 amide bonds. The Balaban J connectivity index is 1.45. The molecule has 5 rings (SSSR count). The summed E-state index contributed by atoms with van der Waals surface area (Å²) in [5.41, 5.74) is 2.49. The van der Waals surface area contributed by atoms with Crippen LogP contribution in [0.3, 0.4) is 0 Å². The highest BCUT2D eigenvalue weighted by molar-refractivity contribution is 7.62. The first-order valence-corrected chi connectivity index (χ1v) is 16.4. The van der Waals surface area contributed by atoms with E-state index in [1.807, 2.05) is 29.7 Å². The van der Waals surface area contributed by atoms with Crippen LogP contribution in [-0.4, -0.2) is 58.7 Å². The van der Waals surface area contributed by atoms with Crippen molar-refractivity contribution in [2.45, 2.75) is 33.1 Å². The highest BCUT2D eigenvalue weighted by atomic mass is 31.2. The molecule has 0 radical (unpaired) electrons. The number of hydrogen-bond donors (Lipinski definition) is 0. The maximum Gasteiger partial charge on any atom is 0.278 e. The van der Waals surface area contributed by atoms with E-state index < -0.39 is 7.14 Å². The number of aryl methyl sites for hydroxylation is 1.